The predicted molar refractivity (Wildman–Crippen MR) is 259 cm³/mol. The second-order valence-corrected chi connectivity index (χ2v) is 19.1. The molecule has 0 aliphatic heterocycles. The molecule has 0 heterocycles. The van der Waals surface area contributed by atoms with Crippen LogP contribution in [0.5, 0.6) is 0 Å². The highest BCUT2D eigenvalue weighted by atomic mass is 16.6. The fourth-order valence-corrected chi connectivity index (χ4v) is 7.54. The fraction of sp³-hybridized carbons (Fsp3) is 0.906. The zero-order valence-electron chi connectivity index (χ0n) is 42.3. The Kier molecular flexibility index (Phi) is 42.1. The Hall–Kier alpha value is -2.85. The van der Waals surface area contributed by atoms with E-state index in [-0.39, 0.29) is 45.5 Å². The molecular formula is C53H99NO10. The van der Waals surface area contributed by atoms with Crippen LogP contribution in [0.15, 0.2) is 0 Å². The quantitative estimate of drug-likeness (QED) is 0.0356. The van der Waals surface area contributed by atoms with Crippen molar-refractivity contribution in [3.8, 4) is 0 Å². The number of esters is 4. The van der Waals surface area contributed by atoms with Gasteiger partial charge in [0.1, 0.15) is 24.9 Å². The van der Waals surface area contributed by atoms with E-state index in [0.717, 1.165) is 44.9 Å². The third-order valence-corrected chi connectivity index (χ3v) is 11.5. The molecule has 11 nitrogen and oxygen atoms in total. The molecule has 0 aromatic rings. The lowest BCUT2D eigenvalue weighted by Gasteiger charge is -2.24. The predicted octanol–water partition coefficient (Wildman–Crippen LogP) is 14.5. The number of amides is 1. The molecular weight excluding hydrogens is 811 g/mol. The van der Waals surface area contributed by atoms with E-state index in [9.17, 15) is 24.0 Å². The van der Waals surface area contributed by atoms with Crippen LogP contribution in [0.1, 0.15) is 273 Å². The summed E-state index contributed by atoms with van der Waals surface area (Å²) in [6.07, 6.45) is 36.8. The van der Waals surface area contributed by atoms with Gasteiger partial charge in [-0.2, -0.15) is 0 Å². The standard InChI is InChI=1S/C53H99NO10/c1-7-10-13-15-17-19-21-23-25-27-29-31-33-35-37-39-48(55)61-44-46(63-50(57)40-38-36-34-32-30-28-26-24-22-20-18-16-14-11-8-2)45-62-51(58)47(54-52(59)64-53(4,5)6)41-42-49(56)60-43-12-9-3/h46-47H,7-45H2,1-6H3,(H,54,59). The van der Waals surface area contributed by atoms with Crippen molar-refractivity contribution >= 4 is 30.0 Å². The first-order valence-electron chi connectivity index (χ1n) is 26.6. The van der Waals surface area contributed by atoms with Crippen LogP contribution in [0.25, 0.3) is 0 Å². The van der Waals surface area contributed by atoms with Crippen molar-refractivity contribution in [3.63, 3.8) is 0 Å². The third kappa shape index (κ3) is 43.1. The van der Waals surface area contributed by atoms with Gasteiger partial charge >= 0.3 is 30.0 Å². The van der Waals surface area contributed by atoms with Gasteiger partial charge in [0.15, 0.2) is 6.10 Å². The van der Waals surface area contributed by atoms with Crippen LogP contribution < -0.4 is 5.32 Å². The Morgan fingerprint density at radius 1 is 0.422 bits per heavy atom. The first kappa shape index (κ1) is 61.1. The molecule has 0 bridgehead atoms. The fourth-order valence-electron chi connectivity index (χ4n) is 7.54. The van der Waals surface area contributed by atoms with Crippen molar-refractivity contribution in [2.24, 2.45) is 0 Å². The van der Waals surface area contributed by atoms with Gasteiger partial charge in [0.2, 0.25) is 0 Å². The van der Waals surface area contributed by atoms with E-state index in [1.54, 1.807) is 20.8 Å². The zero-order valence-corrected chi connectivity index (χ0v) is 42.3. The molecule has 64 heavy (non-hydrogen) atoms. The topological polar surface area (TPSA) is 144 Å². The summed E-state index contributed by atoms with van der Waals surface area (Å²) in [5.41, 5.74) is -0.820. The van der Waals surface area contributed by atoms with Crippen LogP contribution in [0, 0.1) is 0 Å². The van der Waals surface area contributed by atoms with Crippen molar-refractivity contribution in [2.45, 2.75) is 290 Å². The molecule has 0 saturated carbocycles. The number of carbonyl (C=O) groups is 5. The molecule has 0 saturated heterocycles. The number of ether oxygens (including phenoxy) is 5. The first-order chi connectivity index (χ1) is 30.9. The summed E-state index contributed by atoms with van der Waals surface area (Å²) in [6.45, 7) is 11.2. The van der Waals surface area contributed by atoms with Crippen LogP contribution in [-0.2, 0) is 42.9 Å². The average molecular weight is 910 g/mol. The highest BCUT2D eigenvalue weighted by Gasteiger charge is 2.28. The maximum Gasteiger partial charge on any atom is 0.408 e. The van der Waals surface area contributed by atoms with Gasteiger partial charge in [-0.05, 0) is 46.5 Å². The molecule has 2 atom stereocenters. The summed E-state index contributed by atoms with van der Waals surface area (Å²) >= 11 is 0. The molecule has 0 aliphatic carbocycles. The molecule has 0 rings (SSSR count). The smallest absolute Gasteiger partial charge is 0.408 e. The Morgan fingerprint density at radius 3 is 1.19 bits per heavy atom. The van der Waals surface area contributed by atoms with Gasteiger partial charge in [0.05, 0.1) is 6.61 Å². The summed E-state index contributed by atoms with van der Waals surface area (Å²) in [6, 6.07) is -1.22. The highest BCUT2D eigenvalue weighted by molar-refractivity contribution is 5.82. The number of carbonyl (C=O) groups excluding carboxylic acids is 5. The lowest BCUT2D eigenvalue weighted by Crippen LogP contribution is -2.45. The van der Waals surface area contributed by atoms with Crippen LogP contribution in [0.4, 0.5) is 4.79 Å². The first-order valence-corrected chi connectivity index (χ1v) is 26.6. The number of nitrogens with one attached hydrogen (secondary N) is 1. The second-order valence-electron chi connectivity index (χ2n) is 19.1. The van der Waals surface area contributed by atoms with Crippen LogP contribution in [0.3, 0.4) is 0 Å². The minimum atomic E-state index is -1.22. The van der Waals surface area contributed by atoms with Crippen molar-refractivity contribution in [1.82, 2.24) is 5.32 Å². The Labute approximate surface area is 392 Å². The average Bonchev–Trinajstić information content (AvgIpc) is 3.25. The second kappa shape index (κ2) is 44.0. The molecule has 0 aromatic carbocycles. The lowest BCUT2D eigenvalue weighted by molar-refractivity contribution is -0.167. The molecule has 0 aliphatic rings. The molecule has 11 heteroatoms. The van der Waals surface area contributed by atoms with Gasteiger partial charge in [-0.1, -0.05) is 207 Å². The van der Waals surface area contributed by atoms with Crippen molar-refractivity contribution < 1.29 is 47.7 Å². The van der Waals surface area contributed by atoms with E-state index in [1.807, 2.05) is 6.92 Å². The van der Waals surface area contributed by atoms with Gasteiger partial charge in [-0.25, -0.2) is 9.59 Å². The van der Waals surface area contributed by atoms with Crippen LogP contribution in [0.2, 0.25) is 0 Å². The SMILES string of the molecule is CCCCCCCCCCCCCCCCCC(=O)OCC(COC(=O)C(CCC(=O)OCCCC)NC(=O)OC(C)(C)C)OC(=O)CCCCCCCCCCCCCCCCC. The number of alkyl carbamates (subject to hydrolysis) is 1. The van der Waals surface area contributed by atoms with Gasteiger partial charge in [0, 0.05) is 19.3 Å². The monoisotopic (exact) mass is 910 g/mol. The normalized spacial score (nSPS) is 12.3. The van der Waals surface area contributed by atoms with Gasteiger partial charge in [0.25, 0.3) is 0 Å². The largest absolute Gasteiger partial charge is 0.466 e. The molecule has 1 N–H and O–H groups in total. The summed E-state index contributed by atoms with van der Waals surface area (Å²) in [5, 5.41) is 2.51. The highest BCUT2D eigenvalue weighted by Crippen LogP contribution is 2.17. The minimum Gasteiger partial charge on any atom is -0.466 e. The van der Waals surface area contributed by atoms with E-state index in [4.69, 9.17) is 23.7 Å². The lowest BCUT2D eigenvalue weighted by atomic mass is 10.0. The number of rotatable bonds is 45. The van der Waals surface area contributed by atoms with Crippen molar-refractivity contribution in [3.05, 3.63) is 0 Å². The van der Waals surface area contributed by atoms with E-state index in [2.05, 4.69) is 19.2 Å². The number of hydrogen-bond donors (Lipinski definition) is 1. The summed E-state index contributed by atoms with van der Waals surface area (Å²) in [4.78, 5) is 64.1. The molecule has 0 aromatic heterocycles. The van der Waals surface area contributed by atoms with Gasteiger partial charge < -0.3 is 29.0 Å². The molecule has 0 fully saturated rings. The van der Waals surface area contributed by atoms with E-state index in [0.29, 0.717) is 12.8 Å². The van der Waals surface area contributed by atoms with E-state index < -0.39 is 47.7 Å². The third-order valence-electron chi connectivity index (χ3n) is 11.5. The Balaban J connectivity index is 4.94. The van der Waals surface area contributed by atoms with Crippen LogP contribution >= 0.6 is 0 Å². The zero-order chi connectivity index (χ0) is 47.4. The summed E-state index contributed by atoms with van der Waals surface area (Å²) < 4.78 is 27.4. The Bertz CT molecular complexity index is 1140. The van der Waals surface area contributed by atoms with Gasteiger partial charge in [-0.15, -0.1) is 0 Å². The molecule has 0 radical (unpaired) electrons. The maximum atomic E-state index is 13.3. The van der Waals surface area contributed by atoms with Crippen LogP contribution in [-0.4, -0.2) is 67.5 Å². The number of hydrogen-bond acceptors (Lipinski definition) is 10. The van der Waals surface area contributed by atoms with E-state index >= 15 is 0 Å². The molecule has 2 unspecified atom stereocenters. The summed E-state index contributed by atoms with van der Waals surface area (Å²) in [7, 11) is 0. The van der Waals surface area contributed by atoms with Crippen molar-refractivity contribution in [1.29, 1.82) is 0 Å². The van der Waals surface area contributed by atoms with Gasteiger partial charge in [-0.3, -0.25) is 14.4 Å². The van der Waals surface area contributed by atoms with E-state index in [1.165, 1.54) is 148 Å². The molecule has 0 spiro atoms. The molecule has 1 amide bonds. The minimum absolute atomic E-state index is 0.0824. The molecule has 376 valence electrons. The Morgan fingerprint density at radius 2 is 0.781 bits per heavy atom. The number of unbranched alkanes of at least 4 members (excludes halogenated alkanes) is 29. The van der Waals surface area contributed by atoms with Crippen molar-refractivity contribution in [2.75, 3.05) is 19.8 Å². The maximum absolute atomic E-state index is 13.3. The summed E-state index contributed by atoms with van der Waals surface area (Å²) in [5.74, 6) is -2.17.